The van der Waals surface area contributed by atoms with Crippen LogP contribution in [-0.2, 0) is 0 Å². The minimum Gasteiger partial charge on any atom is -0.487 e. The summed E-state index contributed by atoms with van der Waals surface area (Å²) >= 11 is 0. The molecule has 1 aromatic carbocycles. The van der Waals surface area contributed by atoms with E-state index in [0.29, 0.717) is 0 Å². The van der Waals surface area contributed by atoms with Gasteiger partial charge in [0.15, 0.2) is 0 Å². The molecule has 1 aromatic rings. The molecule has 1 fully saturated rings. The quantitative estimate of drug-likeness (QED) is 0.756. The van der Waals surface area contributed by atoms with E-state index in [0.717, 1.165) is 30.9 Å². The fraction of sp³-hybridized carbons (Fsp3) is 0.625. The smallest absolute Gasteiger partial charge is 0.124 e. The Bertz CT molecular complexity index is 446. The minimum absolute atomic E-state index is 0.0220. The van der Waals surface area contributed by atoms with Crippen LogP contribution in [-0.4, -0.2) is 5.60 Å². The van der Waals surface area contributed by atoms with Crippen molar-refractivity contribution in [2.75, 3.05) is 0 Å². The Morgan fingerprint density at radius 2 is 2.00 bits per heavy atom. The van der Waals surface area contributed by atoms with Crippen molar-refractivity contribution < 1.29 is 4.74 Å². The van der Waals surface area contributed by atoms with Crippen molar-refractivity contribution in [1.29, 1.82) is 0 Å². The van der Waals surface area contributed by atoms with Gasteiger partial charge in [-0.1, -0.05) is 24.6 Å². The second-order valence-corrected chi connectivity index (χ2v) is 6.32. The number of rotatable bonds is 0. The van der Waals surface area contributed by atoms with Crippen molar-refractivity contribution in [3.05, 3.63) is 29.3 Å². The molecule has 2 nitrogen and oxygen atoms in total. The number of hydrogen-bond donors (Lipinski definition) is 1. The fourth-order valence-corrected chi connectivity index (χ4v) is 3.43. The topological polar surface area (TPSA) is 35.2 Å². The van der Waals surface area contributed by atoms with Crippen molar-refractivity contribution in [2.24, 2.45) is 11.7 Å². The van der Waals surface area contributed by atoms with Gasteiger partial charge < -0.3 is 10.5 Å². The van der Waals surface area contributed by atoms with Gasteiger partial charge in [0.1, 0.15) is 11.4 Å². The van der Waals surface area contributed by atoms with Crippen LogP contribution in [0.2, 0.25) is 0 Å². The van der Waals surface area contributed by atoms with Gasteiger partial charge in [-0.2, -0.15) is 0 Å². The Kier molecular flexibility index (Phi) is 2.86. The molecule has 0 radical (unpaired) electrons. The number of aryl methyl sites for hydroxylation is 1. The van der Waals surface area contributed by atoms with Gasteiger partial charge in [-0.3, -0.25) is 0 Å². The zero-order valence-electron chi connectivity index (χ0n) is 11.4. The van der Waals surface area contributed by atoms with E-state index in [1.807, 2.05) is 0 Å². The highest BCUT2D eigenvalue weighted by Crippen LogP contribution is 2.46. The van der Waals surface area contributed by atoms with E-state index in [1.54, 1.807) is 0 Å². The summed E-state index contributed by atoms with van der Waals surface area (Å²) in [5.74, 6) is 1.86. The van der Waals surface area contributed by atoms with Crippen molar-refractivity contribution in [3.8, 4) is 5.75 Å². The van der Waals surface area contributed by atoms with Crippen LogP contribution in [0.1, 0.15) is 56.2 Å². The molecule has 2 aliphatic rings. The van der Waals surface area contributed by atoms with Gasteiger partial charge in [0, 0.05) is 18.0 Å². The molecular weight excluding hydrogens is 222 g/mol. The molecule has 3 rings (SSSR count). The second-order valence-electron chi connectivity index (χ2n) is 6.32. The molecule has 1 aliphatic heterocycles. The van der Waals surface area contributed by atoms with E-state index in [4.69, 9.17) is 10.5 Å². The lowest BCUT2D eigenvalue weighted by atomic mass is 9.74. The molecule has 0 bridgehead atoms. The average molecular weight is 245 g/mol. The molecule has 1 heterocycles. The summed E-state index contributed by atoms with van der Waals surface area (Å²) in [7, 11) is 0. The van der Waals surface area contributed by atoms with Gasteiger partial charge in [0.2, 0.25) is 0 Å². The summed E-state index contributed by atoms with van der Waals surface area (Å²) in [5, 5.41) is 0. The molecule has 1 spiro atoms. The van der Waals surface area contributed by atoms with Crippen LogP contribution >= 0.6 is 0 Å². The number of fused-ring (bicyclic) bond motifs is 1. The summed E-state index contributed by atoms with van der Waals surface area (Å²) in [6, 6.07) is 6.54. The van der Waals surface area contributed by atoms with Crippen LogP contribution in [0.15, 0.2) is 18.2 Å². The third-order valence-corrected chi connectivity index (χ3v) is 4.67. The second kappa shape index (κ2) is 4.27. The molecule has 18 heavy (non-hydrogen) atoms. The van der Waals surface area contributed by atoms with E-state index in [2.05, 4.69) is 32.0 Å². The summed E-state index contributed by atoms with van der Waals surface area (Å²) in [5.41, 5.74) is 8.86. The molecule has 2 heteroatoms. The Morgan fingerprint density at radius 1 is 1.28 bits per heavy atom. The lowest BCUT2D eigenvalue weighted by Crippen LogP contribution is -2.45. The van der Waals surface area contributed by atoms with E-state index >= 15 is 0 Å². The number of nitrogens with two attached hydrogens (primary N) is 1. The summed E-state index contributed by atoms with van der Waals surface area (Å²) < 4.78 is 6.35. The van der Waals surface area contributed by atoms with Crippen molar-refractivity contribution in [1.82, 2.24) is 0 Å². The van der Waals surface area contributed by atoms with E-state index < -0.39 is 0 Å². The van der Waals surface area contributed by atoms with Crippen LogP contribution in [0, 0.1) is 12.8 Å². The van der Waals surface area contributed by atoms with Gasteiger partial charge in [0.25, 0.3) is 0 Å². The highest BCUT2D eigenvalue weighted by molar-refractivity contribution is 5.41. The highest BCUT2D eigenvalue weighted by Gasteiger charge is 2.41. The average Bonchev–Trinajstić information content (AvgIpc) is 2.35. The van der Waals surface area contributed by atoms with E-state index in [-0.39, 0.29) is 11.6 Å². The Balaban J connectivity index is 1.89. The third kappa shape index (κ3) is 2.03. The Morgan fingerprint density at radius 3 is 2.72 bits per heavy atom. The largest absolute Gasteiger partial charge is 0.487 e. The molecule has 1 atom stereocenters. The standard InChI is InChI=1S/C16H23NO/c1-11-5-7-16(8-6-11)10-14(17)13-9-12(2)3-4-15(13)18-16/h3-4,9,11,14H,5-8,10,17H2,1-2H3/t11?,14-,16?/m1/s1. The van der Waals surface area contributed by atoms with E-state index in [9.17, 15) is 0 Å². The lowest BCUT2D eigenvalue weighted by molar-refractivity contribution is -0.00855. The van der Waals surface area contributed by atoms with Crippen LogP contribution < -0.4 is 10.5 Å². The number of hydrogen-bond acceptors (Lipinski definition) is 2. The van der Waals surface area contributed by atoms with Crippen molar-refractivity contribution in [3.63, 3.8) is 0 Å². The normalized spacial score (nSPS) is 35.1. The first-order valence-corrected chi connectivity index (χ1v) is 7.13. The Labute approximate surface area is 110 Å². The molecule has 1 saturated carbocycles. The summed E-state index contributed by atoms with van der Waals surface area (Å²) in [6.07, 6.45) is 5.85. The minimum atomic E-state index is 0.0220. The zero-order chi connectivity index (χ0) is 12.8. The Hall–Kier alpha value is -1.02. The van der Waals surface area contributed by atoms with Crippen LogP contribution in [0.3, 0.4) is 0 Å². The molecule has 0 unspecified atom stereocenters. The molecule has 98 valence electrons. The monoisotopic (exact) mass is 245 g/mol. The van der Waals surface area contributed by atoms with Crippen molar-refractivity contribution in [2.45, 2.75) is 57.6 Å². The maximum atomic E-state index is 6.38. The van der Waals surface area contributed by atoms with Crippen LogP contribution in [0.4, 0.5) is 0 Å². The number of benzene rings is 1. The summed E-state index contributed by atoms with van der Waals surface area (Å²) in [4.78, 5) is 0. The first-order chi connectivity index (χ1) is 8.58. The SMILES string of the molecule is Cc1ccc2c(c1)[C@H](N)CC1(CCC(C)CC1)O2. The van der Waals surface area contributed by atoms with Crippen molar-refractivity contribution >= 4 is 0 Å². The molecule has 0 amide bonds. The highest BCUT2D eigenvalue weighted by atomic mass is 16.5. The maximum Gasteiger partial charge on any atom is 0.124 e. The molecule has 2 N–H and O–H groups in total. The van der Waals surface area contributed by atoms with Gasteiger partial charge in [-0.05, 0) is 44.6 Å². The van der Waals surface area contributed by atoms with Gasteiger partial charge in [-0.25, -0.2) is 0 Å². The van der Waals surface area contributed by atoms with Crippen LogP contribution in [0.5, 0.6) is 5.75 Å². The third-order valence-electron chi connectivity index (χ3n) is 4.67. The first kappa shape index (κ1) is 12.0. The lowest BCUT2D eigenvalue weighted by Gasteiger charge is -2.45. The zero-order valence-corrected chi connectivity index (χ0v) is 11.4. The predicted octanol–water partition coefficient (Wildman–Crippen LogP) is 3.73. The molecular formula is C16H23NO. The molecule has 0 aromatic heterocycles. The predicted molar refractivity (Wildman–Crippen MR) is 73.7 cm³/mol. The number of ether oxygens (including phenoxy) is 1. The van der Waals surface area contributed by atoms with Gasteiger partial charge in [-0.15, -0.1) is 0 Å². The molecule has 0 saturated heterocycles. The first-order valence-electron chi connectivity index (χ1n) is 7.13. The van der Waals surface area contributed by atoms with E-state index in [1.165, 1.54) is 24.0 Å². The molecule has 1 aliphatic carbocycles. The fourth-order valence-electron chi connectivity index (χ4n) is 3.43. The van der Waals surface area contributed by atoms with Gasteiger partial charge >= 0.3 is 0 Å². The van der Waals surface area contributed by atoms with Gasteiger partial charge in [0.05, 0.1) is 0 Å². The summed E-state index contributed by atoms with van der Waals surface area (Å²) in [6.45, 7) is 4.45. The maximum absolute atomic E-state index is 6.38. The van der Waals surface area contributed by atoms with Crippen LogP contribution in [0.25, 0.3) is 0 Å².